The predicted octanol–water partition coefficient (Wildman–Crippen LogP) is 2.11. The number of carbonyl (C=O) groups excluding carboxylic acids is 1. The topological polar surface area (TPSA) is 35.5 Å². The lowest BCUT2D eigenvalue weighted by Gasteiger charge is -2.11. The largest absolute Gasteiger partial charge is 0.493 e. The maximum atomic E-state index is 13.9. The van der Waals surface area contributed by atoms with E-state index in [0.717, 1.165) is 0 Å². The van der Waals surface area contributed by atoms with Gasteiger partial charge < -0.3 is 9.47 Å². The van der Waals surface area contributed by atoms with Crippen molar-refractivity contribution in [2.45, 2.75) is 20.0 Å². The van der Waals surface area contributed by atoms with Crippen LogP contribution in [0.25, 0.3) is 0 Å². The molecule has 1 aromatic rings. The summed E-state index contributed by atoms with van der Waals surface area (Å²) in [5.74, 6) is -0.356. The minimum atomic E-state index is -0.455. The maximum absolute atomic E-state index is 13.9. The average Bonchev–Trinajstić information content (AvgIpc) is 2.22. The molecule has 0 fully saturated rings. The fourth-order valence-corrected chi connectivity index (χ4v) is 1.53. The van der Waals surface area contributed by atoms with Crippen molar-refractivity contribution < 1.29 is 18.7 Å². The number of rotatable bonds is 5. The molecule has 0 aliphatic heterocycles. The van der Waals surface area contributed by atoms with Crippen molar-refractivity contribution in [1.82, 2.24) is 0 Å². The minimum absolute atomic E-state index is 0.0304. The Balaban J connectivity index is 3.12. The van der Waals surface area contributed by atoms with Crippen LogP contribution in [-0.4, -0.2) is 20.0 Å². The smallest absolute Gasteiger partial charge is 0.170 e. The highest BCUT2D eigenvalue weighted by atomic mass is 19.1. The molecule has 0 heterocycles. The van der Waals surface area contributed by atoms with E-state index in [0.29, 0.717) is 11.1 Å². The molecule has 0 saturated heterocycles. The van der Waals surface area contributed by atoms with Crippen LogP contribution in [0.1, 0.15) is 18.1 Å². The molecule has 0 N–H and O–H groups in total. The van der Waals surface area contributed by atoms with Crippen LogP contribution in [0.5, 0.6) is 5.75 Å². The Morgan fingerprint density at radius 1 is 1.31 bits per heavy atom. The van der Waals surface area contributed by atoms with Gasteiger partial charge in [0.25, 0.3) is 0 Å². The highest BCUT2D eigenvalue weighted by Crippen LogP contribution is 2.26. The standard InChI is InChI=1S/C12H15FO3/c1-8(14)6-9-4-5-10(7-15-2)11(13)12(9)16-3/h4-5H,6-7H2,1-3H3. The van der Waals surface area contributed by atoms with Gasteiger partial charge in [-0.2, -0.15) is 0 Å². The lowest BCUT2D eigenvalue weighted by molar-refractivity contribution is -0.116. The zero-order valence-corrected chi connectivity index (χ0v) is 9.67. The van der Waals surface area contributed by atoms with Crippen LogP contribution in [0.15, 0.2) is 12.1 Å². The van der Waals surface area contributed by atoms with Gasteiger partial charge in [0, 0.05) is 24.7 Å². The third-order valence-electron chi connectivity index (χ3n) is 2.20. The Labute approximate surface area is 94.2 Å². The fourth-order valence-electron chi connectivity index (χ4n) is 1.53. The summed E-state index contributed by atoms with van der Waals surface area (Å²) in [4.78, 5) is 11.0. The Hall–Kier alpha value is -1.42. The third-order valence-corrected chi connectivity index (χ3v) is 2.20. The first kappa shape index (κ1) is 12.6. The molecule has 0 aliphatic rings. The molecule has 4 heteroatoms. The van der Waals surface area contributed by atoms with E-state index >= 15 is 0 Å². The molecule has 0 bridgehead atoms. The van der Waals surface area contributed by atoms with Crippen LogP contribution in [0.4, 0.5) is 4.39 Å². The van der Waals surface area contributed by atoms with E-state index in [4.69, 9.17) is 9.47 Å². The number of hydrogen-bond acceptors (Lipinski definition) is 3. The van der Waals surface area contributed by atoms with Gasteiger partial charge in [0.05, 0.1) is 13.7 Å². The Morgan fingerprint density at radius 2 is 1.94 bits per heavy atom. The number of carbonyl (C=O) groups is 1. The summed E-state index contributed by atoms with van der Waals surface area (Å²) >= 11 is 0. The summed E-state index contributed by atoms with van der Waals surface area (Å²) in [5, 5.41) is 0. The Morgan fingerprint density at radius 3 is 2.44 bits per heavy atom. The first-order chi connectivity index (χ1) is 7.60. The monoisotopic (exact) mass is 226 g/mol. The highest BCUT2D eigenvalue weighted by Gasteiger charge is 2.14. The Kier molecular flexibility index (Phi) is 4.43. The molecule has 0 atom stereocenters. The third kappa shape index (κ3) is 2.79. The second-order valence-electron chi connectivity index (χ2n) is 3.54. The van der Waals surface area contributed by atoms with Crippen molar-refractivity contribution in [3.8, 4) is 5.75 Å². The molecular weight excluding hydrogens is 211 g/mol. The molecule has 0 aromatic heterocycles. The fraction of sp³-hybridized carbons (Fsp3) is 0.417. The van der Waals surface area contributed by atoms with Crippen molar-refractivity contribution >= 4 is 5.78 Å². The number of benzene rings is 1. The number of Topliss-reactive ketones (excluding diaryl/α,β-unsaturated/α-hetero) is 1. The number of methoxy groups -OCH3 is 2. The summed E-state index contributed by atoms with van der Waals surface area (Å²) in [6, 6.07) is 3.30. The van der Waals surface area contributed by atoms with Crippen LogP contribution in [-0.2, 0) is 22.6 Å². The zero-order valence-electron chi connectivity index (χ0n) is 9.67. The molecule has 88 valence electrons. The highest BCUT2D eigenvalue weighted by molar-refractivity contribution is 5.79. The average molecular weight is 226 g/mol. The molecular formula is C12H15FO3. The van der Waals surface area contributed by atoms with Crippen LogP contribution in [0.2, 0.25) is 0 Å². The van der Waals surface area contributed by atoms with Gasteiger partial charge in [-0.05, 0) is 6.92 Å². The first-order valence-corrected chi connectivity index (χ1v) is 4.92. The number of halogens is 1. The number of hydrogen-bond donors (Lipinski definition) is 0. The van der Waals surface area contributed by atoms with Crippen molar-refractivity contribution in [2.24, 2.45) is 0 Å². The van der Waals surface area contributed by atoms with Crippen LogP contribution >= 0.6 is 0 Å². The van der Waals surface area contributed by atoms with Crippen LogP contribution in [0.3, 0.4) is 0 Å². The van der Waals surface area contributed by atoms with E-state index in [-0.39, 0.29) is 24.6 Å². The predicted molar refractivity (Wildman–Crippen MR) is 58.1 cm³/mol. The SMILES string of the molecule is COCc1ccc(CC(C)=O)c(OC)c1F. The van der Waals surface area contributed by atoms with E-state index in [1.54, 1.807) is 12.1 Å². The molecule has 0 radical (unpaired) electrons. The minimum Gasteiger partial charge on any atom is -0.493 e. The molecule has 16 heavy (non-hydrogen) atoms. The normalized spacial score (nSPS) is 10.2. The molecule has 1 aromatic carbocycles. The van der Waals surface area contributed by atoms with Crippen molar-refractivity contribution in [3.05, 3.63) is 29.1 Å². The van der Waals surface area contributed by atoms with Crippen molar-refractivity contribution in [3.63, 3.8) is 0 Å². The molecule has 3 nitrogen and oxygen atoms in total. The quantitative estimate of drug-likeness (QED) is 0.771. The van der Waals surface area contributed by atoms with Gasteiger partial charge >= 0.3 is 0 Å². The van der Waals surface area contributed by atoms with E-state index in [1.807, 2.05) is 0 Å². The van der Waals surface area contributed by atoms with E-state index in [9.17, 15) is 9.18 Å². The van der Waals surface area contributed by atoms with Gasteiger partial charge in [-0.1, -0.05) is 12.1 Å². The maximum Gasteiger partial charge on any atom is 0.170 e. The molecule has 0 aliphatic carbocycles. The van der Waals surface area contributed by atoms with Crippen LogP contribution in [0, 0.1) is 5.82 Å². The summed E-state index contributed by atoms with van der Waals surface area (Å²) in [6.07, 6.45) is 0.174. The summed E-state index contributed by atoms with van der Waals surface area (Å²) in [6.45, 7) is 1.64. The number of ketones is 1. The van der Waals surface area contributed by atoms with E-state index < -0.39 is 5.82 Å². The molecule has 0 saturated carbocycles. The van der Waals surface area contributed by atoms with E-state index in [2.05, 4.69) is 0 Å². The molecule has 1 rings (SSSR count). The van der Waals surface area contributed by atoms with E-state index in [1.165, 1.54) is 21.1 Å². The number of ether oxygens (including phenoxy) is 2. The second-order valence-corrected chi connectivity index (χ2v) is 3.54. The lowest BCUT2D eigenvalue weighted by atomic mass is 10.1. The summed E-state index contributed by atoms with van der Waals surface area (Å²) < 4.78 is 23.7. The van der Waals surface area contributed by atoms with Crippen LogP contribution < -0.4 is 4.74 Å². The van der Waals surface area contributed by atoms with Gasteiger partial charge in [-0.3, -0.25) is 4.79 Å². The van der Waals surface area contributed by atoms with Gasteiger partial charge in [0.1, 0.15) is 5.78 Å². The summed E-state index contributed by atoms with van der Waals surface area (Å²) in [5.41, 5.74) is 0.985. The molecule has 0 amide bonds. The molecule has 0 spiro atoms. The summed E-state index contributed by atoms with van der Waals surface area (Å²) in [7, 11) is 2.88. The van der Waals surface area contributed by atoms with Crippen molar-refractivity contribution in [2.75, 3.05) is 14.2 Å². The van der Waals surface area contributed by atoms with Gasteiger partial charge in [0.15, 0.2) is 11.6 Å². The second kappa shape index (κ2) is 5.61. The lowest BCUT2D eigenvalue weighted by Crippen LogP contribution is -2.04. The van der Waals surface area contributed by atoms with Crippen molar-refractivity contribution in [1.29, 1.82) is 0 Å². The first-order valence-electron chi connectivity index (χ1n) is 4.92. The molecule has 0 unspecified atom stereocenters. The Bertz CT molecular complexity index is 388. The van der Waals surface area contributed by atoms with Gasteiger partial charge in [0.2, 0.25) is 0 Å². The zero-order chi connectivity index (χ0) is 12.1. The van der Waals surface area contributed by atoms with Gasteiger partial charge in [-0.25, -0.2) is 4.39 Å². The van der Waals surface area contributed by atoms with Gasteiger partial charge in [-0.15, -0.1) is 0 Å².